The van der Waals surface area contributed by atoms with Crippen molar-refractivity contribution in [2.45, 2.75) is 13.3 Å². The Morgan fingerprint density at radius 2 is 1.92 bits per heavy atom. The van der Waals surface area contributed by atoms with Crippen LogP contribution < -0.4 is 4.74 Å². The second-order valence-electron chi connectivity index (χ2n) is 6.48. The summed E-state index contributed by atoms with van der Waals surface area (Å²) >= 11 is 0. The molecule has 1 saturated heterocycles. The molecule has 2 aromatic rings. The summed E-state index contributed by atoms with van der Waals surface area (Å²) in [7, 11) is 0. The van der Waals surface area contributed by atoms with Crippen LogP contribution in [-0.2, 0) is 11.2 Å². The van der Waals surface area contributed by atoms with Gasteiger partial charge in [-0.05, 0) is 43.0 Å². The van der Waals surface area contributed by atoms with Gasteiger partial charge in [0.15, 0.2) is 6.61 Å². The number of amides is 1. The molecule has 130 valence electrons. The van der Waals surface area contributed by atoms with Crippen LogP contribution in [0.2, 0.25) is 0 Å². The van der Waals surface area contributed by atoms with Crippen LogP contribution in [0.3, 0.4) is 0 Å². The summed E-state index contributed by atoms with van der Waals surface area (Å²) in [4.78, 5) is 24.9. The lowest BCUT2D eigenvalue weighted by atomic mass is 9.91. The van der Waals surface area contributed by atoms with E-state index in [0.717, 1.165) is 19.5 Å². The van der Waals surface area contributed by atoms with Gasteiger partial charge in [0, 0.05) is 18.7 Å². The number of likely N-dealkylation sites (tertiary alicyclic amines) is 1. The van der Waals surface area contributed by atoms with Crippen molar-refractivity contribution in [3.05, 3.63) is 65.2 Å². The molecule has 0 bridgehead atoms. The normalized spacial score (nSPS) is 14.0. The maximum absolute atomic E-state index is 12.5. The third-order valence-electron chi connectivity index (χ3n) is 4.29. The van der Waals surface area contributed by atoms with Gasteiger partial charge in [-0.3, -0.25) is 4.79 Å². The zero-order valence-corrected chi connectivity index (χ0v) is 14.1. The first-order valence-corrected chi connectivity index (χ1v) is 8.31. The minimum Gasteiger partial charge on any atom is -0.482 e. The number of aryl methyl sites for hydroxylation is 1. The fourth-order valence-corrected chi connectivity index (χ4v) is 3.08. The number of benzene rings is 2. The minimum atomic E-state index is -1.04. The van der Waals surface area contributed by atoms with E-state index in [1.54, 1.807) is 24.3 Å². The van der Waals surface area contributed by atoms with Crippen molar-refractivity contribution in [2.75, 3.05) is 19.7 Å². The molecular formula is C20H21NO4. The Morgan fingerprint density at radius 1 is 1.16 bits per heavy atom. The van der Waals surface area contributed by atoms with Gasteiger partial charge in [0.05, 0.1) is 0 Å². The molecule has 0 unspecified atom stereocenters. The van der Waals surface area contributed by atoms with Gasteiger partial charge < -0.3 is 14.7 Å². The maximum atomic E-state index is 12.5. The van der Waals surface area contributed by atoms with Crippen LogP contribution in [0.25, 0.3) is 0 Å². The summed E-state index contributed by atoms with van der Waals surface area (Å²) in [5.74, 6) is -0.206. The highest BCUT2D eigenvalue weighted by Crippen LogP contribution is 2.24. The molecular weight excluding hydrogens is 318 g/mol. The number of ether oxygens (including phenoxy) is 1. The van der Waals surface area contributed by atoms with Gasteiger partial charge in [-0.2, -0.15) is 0 Å². The second-order valence-corrected chi connectivity index (χ2v) is 6.48. The number of carboxylic acid groups (broad SMARTS) is 1. The average Bonchev–Trinajstić information content (AvgIpc) is 2.56. The summed E-state index contributed by atoms with van der Waals surface area (Å²) < 4.78 is 5.13. The Hall–Kier alpha value is -2.82. The first-order chi connectivity index (χ1) is 12.0. The monoisotopic (exact) mass is 339 g/mol. The van der Waals surface area contributed by atoms with Gasteiger partial charge >= 0.3 is 5.97 Å². The van der Waals surface area contributed by atoms with Crippen molar-refractivity contribution in [1.82, 2.24) is 4.90 Å². The Bertz CT molecular complexity index is 781. The predicted molar refractivity (Wildman–Crippen MR) is 93.8 cm³/mol. The first kappa shape index (κ1) is 17.0. The van der Waals surface area contributed by atoms with E-state index in [1.807, 2.05) is 4.90 Å². The summed E-state index contributed by atoms with van der Waals surface area (Å²) in [6.07, 6.45) is 0.979. The van der Waals surface area contributed by atoms with Gasteiger partial charge in [0.2, 0.25) is 0 Å². The van der Waals surface area contributed by atoms with Gasteiger partial charge in [-0.15, -0.1) is 0 Å². The minimum absolute atomic E-state index is 0.0405. The molecule has 1 N–H and O–H groups in total. The summed E-state index contributed by atoms with van der Waals surface area (Å²) in [5, 5.41) is 8.66. The van der Waals surface area contributed by atoms with E-state index in [4.69, 9.17) is 9.84 Å². The molecule has 25 heavy (non-hydrogen) atoms. The smallest absolute Gasteiger partial charge is 0.341 e. The van der Waals surface area contributed by atoms with E-state index in [1.165, 1.54) is 11.1 Å². The van der Waals surface area contributed by atoms with E-state index in [9.17, 15) is 9.59 Å². The molecule has 0 aromatic heterocycles. The van der Waals surface area contributed by atoms with Crippen molar-refractivity contribution in [1.29, 1.82) is 0 Å². The summed E-state index contributed by atoms with van der Waals surface area (Å²) in [5.41, 5.74) is 3.08. The Balaban J connectivity index is 1.55. The SMILES string of the molecule is Cc1cccc(CC2CN(C(=O)c3cccc(OCC(=O)O)c3)C2)c1. The molecule has 1 aliphatic heterocycles. The Labute approximate surface area is 146 Å². The molecule has 0 aliphatic carbocycles. The van der Waals surface area contributed by atoms with Crippen molar-refractivity contribution < 1.29 is 19.4 Å². The molecule has 1 amide bonds. The number of hydrogen-bond acceptors (Lipinski definition) is 3. The molecule has 5 nitrogen and oxygen atoms in total. The highest BCUT2D eigenvalue weighted by atomic mass is 16.5. The van der Waals surface area contributed by atoms with Crippen molar-refractivity contribution in [3.63, 3.8) is 0 Å². The van der Waals surface area contributed by atoms with Crippen molar-refractivity contribution in [3.8, 4) is 5.75 Å². The fraction of sp³-hybridized carbons (Fsp3) is 0.300. The number of carboxylic acids is 1. The standard InChI is InChI=1S/C20H21NO4/c1-14-4-2-5-15(8-14)9-16-11-21(12-16)20(24)17-6-3-7-18(10-17)25-13-19(22)23/h2-8,10,16H,9,11-13H2,1H3,(H,22,23). The summed E-state index contributed by atoms with van der Waals surface area (Å²) in [6, 6.07) is 15.1. The Kier molecular flexibility index (Phi) is 5.03. The quantitative estimate of drug-likeness (QED) is 0.879. The van der Waals surface area contributed by atoms with Crippen molar-refractivity contribution in [2.24, 2.45) is 5.92 Å². The molecule has 2 aromatic carbocycles. The fourth-order valence-electron chi connectivity index (χ4n) is 3.08. The van der Waals surface area contributed by atoms with Crippen LogP contribution >= 0.6 is 0 Å². The lowest BCUT2D eigenvalue weighted by Gasteiger charge is -2.39. The average molecular weight is 339 g/mol. The Morgan fingerprint density at radius 3 is 2.64 bits per heavy atom. The van der Waals surface area contributed by atoms with Crippen LogP contribution in [0.5, 0.6) is 5.75 Å². The molecule has 5 heteroatoms. The van der Waals surface area contributed by atoms with Crippen molar-refractivity contribution >= 4 is 11.9 Å². The third kappa shape index (κ3) is 4.38. The molecule has 0 radical (unpaired) electrons. The van der Waals surface area contributed by atoms with Gasteiger partial charge in [0.25, 0.3) is 5.91 Å². The van der Waals surface area contributed by atoms with E-state index in [0.29, 0.717) is 17.2 Å². The number of nitrogens with zero attached hydrogens (tertiary/aromatic N) is 1. The largest absolute Gasteiger partial charge is 0.482 e. The topological polar surface area (TPSA) is 66.8 Å². The number of hydrogen-bond donors (Lipinski definition) is 1. The van der Waals surface area contributed by atoms with E-state index < -0.39 is 12.6 Å². The molecule has 3 rings (SSSR count). The van der Waals surface area contributed by atoms with Crippen LogP contribution in [0.4, 0.5) is 0 Å². The number of carbonyl (C=O) groups is 2. The van der Waals surface area contributed by atoms with E-state index in [2.05, 4.69) is 31.2 Å². The lowest BCUT2D eigenvalue weighted by Crippen LogP contribution is -2.50. The highest BCUT2D eigenvalue weighted by molar-refractivity contribution is 5.95. The number of rotatable bonds is 6. The summed E-state index contributed by atoms with van der Waals surface area (Å²) in [6.45, 7) is 3.15. The van der Waals surface area contributed by atoms with Crippen LogP contribution in [-0.4, -0.2) is 41.6 Å². The van der Waals surface area contributed by atoms with Crippen LogP contribution in [0, 0.1) is 12.8 Å². The zero-order chi connectivity index (χ0) is 17.8. The second kappa shape index (κ2) is 7.38. The van der Waals surface area contributed by atoms with Crippen LogP contribution in [0.15, 0.2) is 48.5 Å². The molecule has 1 heterocycles. The highest BCUT2D eigenvalue weighted by Gasteiger charge is 2.31. The third-order valence-corrected chi connectivity index (χ3v) is 4.29. The van der Waals surface area contributed by atoms with Gasteiger partial charge in [-0.1, -0.05) is 35.9 Å². The molecule has 1 fully saturated rings. The predicted octanol–water partition coefficient (Wildman–Crippen LogP) is 2.77. The maximum Gasteiger partial charge on any atom is 0.341 e. The lowest BCUT2D eigenvalue weighted by molar-refractivity contribution is -0.139. The molecule has 1 aliphatic rings. The van der Waals surface area contributed by atoms with E-state index >= 15 is 0 Å². The molecule has 0 spiro atoms. The van der Waals surface area contributed by atoms with Crippen LogP contribution in [0.1, 0.15) is 21.5 Å². The van der Waals surface area contributed by atoms with Gasteiger partial charge in [0.1, 0.15) is 5.75 Å². The van der Waals surface area contributed by atoms with E-state index in [-0.39, 0.29) is 5.91 Å². The number of carbonyl (C=O) groups excluding carboxylic acids is 1. The zero-order valence-electron chi connectivity index (χ0n) is 14.1. The molecule has 0 saturated carbocycles. The molecule has 0 atom stereocenters. The number of aliphatic carboxylic acids is 1. The van der Waals surface area contributed by atoms with Gasteiger partial charge in [-0.25, -0.2) is 4.79 Å². The first-order valence-electron chi connectivity index (χ1n) is 8.31.